The van der Waals surface area contributed by atoms with Gasteiger partial charge in [-0.05, 0) is 6.07 Å². The van der Waals surface area contributed by atoms with E-state index >= 15 is 0 Å². The average Bonchev–Trinajstić information content (AvgIpc) is 2.38. The van der Waals surface area contributed by atoms with Crippen LogP contribution in [0.25, 0.3) is 0 Å². The number of nitro benzene ring substituents is 1. The van der Waals surface area contributed by atoms with E-state index < -0.39 is 16.9 Å². The van der Waals surface area contributed by atoms with Crippen molar-refractivity contribution in [3.8, 4) is 0 Å². The van der Waals surface area contributed by atoms with Crippen molar-refractivity contribution in [3.05, 3.63) is 34.4 Å². The van der Waals surface area contributed by atoms with E-state index in [2.05, 4.69) is 20.7 Å². The summed E-state index contributed by atoms with van der Waals surface area (Å²) in [5, 5.41) is 10.5. The molecule has 8 heteroatoms. The van der Waals surface area contributed by atoms with Gasteiger partial charge >= 0.3 is 6.09 Å². The van der Waals surface area contributed by atoms with E-state index in [1.165, 1.54) is 18.2 Å². The fraction of sp³-hybridized carbons (Fsp3) is 0.200. The van der Waals surface area contributed by atoms with Gasteiger partial charge in [-0.1, -0.05) is 22.0 Å². The maximum Gasteiger partial charge on any atom is 0.420 e. The SMILES string of the molecule is COC(=O)N(C(=O)CBr)c1cccc([N+](=O)[O-])c1. The zero-order chi connectivity index (χ0) is 13.7. The van der Waals surface area contributed by atoms with Crippen LogP contribution in [-0.4, -0.2) is 29.4 Å². The first-order valence-corrected chi connectivity index (χ1v) is 5.84. The lowest BCUT2D eigenvalue weighted by Crippen LogP contribution is -2.37. The van der Waals surface area contributed by atoms with Crippen LogP contribution in [0.2, 0.25) is 0 Å². The highest BCUT2D eigenvalue weighted by Crippen LogP contribution is 2.22. The molecule has 0 heterocycles. The lowest BCUT2D eigenvalue weighted by Gasteiger charge is -2.17. The molecule has 0 aliphatic rings. The van der Waals surface area contributed by atoms with Crippen molar-refractivity contribution < 1.29 is 19.2 Å². The molecule has 0 aliphatic carbocycles. The molecule has 0 saturated heterocycles. The van der Waals surface area contributed by atoms with E-state index in [4.69, 9.17) is 0 Å². The third-order valence-electron chi connectivity index (χ3n) is 2.02. The second kappa shape index (κ2) is 6.10. The summed E-state index contributed by atoms with van der Waals surface area (Å²) >= 11 is 2.92. The van der Waals surface area contributed by atoms with Gasteiger partial charge in [0.25, 0.3) is 5.69 Å². The summed E-state index contributed by atoms with van der Waals surface area (Å²) in [5.74, 6) is -0.581. The van der Waals surface area contributed by atoms with Crippen molar-refractivity contribution in [2.24, 2.45) is 0 Å². The maximum atomic E-state index is 11.6. The number of methoxy groups -OCH3 is 1. The number of alkyl halides is 1. The number of hydrogen-bond acceptors (Lipinski definition) is 5. The second-order valence-electron chi connectivity index (χ2n) is 3.11. The van der Waals surface area contributed by atoms with E-state index in [0.29, 0.717) is 0 Å². The molecule has 0 spiro atoms. The number of nitro groups is 1. The first kappa shape index (κ1) is 14.1. The molecule has 0 unspecified atom stereocenters. The third-order valence-corrected chi connectivity index (χ3v) is 2.50. The quantitative estimate of drug-likeness (QED) is 0.484. The summed E-state index contributed by atoms with van der Waals surface area (Å²) in [6.45, 7) is 0. The Hall–Kier alpha value is -1.96. The van der Waals surface area contributed by atoms with Crippen LogP contribution in [0, 0.1) is 10.1 Å². The number of carbonyl (C=O) groups excluding carboxylic acids is 2. The first-order valence-electron chi connectivity index (χ1n) is 4.72. The Morgan fingerprint density at radius 2 is 2.17 bits per heavy atom. The molecule has 0 fully saturated rings. The number of halogens is 1. The molecule has 1 aromatic carbocycles. The van der Waals surface area contributed by atoms with Crippen molar-refractivity contribution in [1.29, 1.82) is 0 Å². The van der Waals surface area contributed by atoms with E-state index in [9.17, 15) is 19.7 Å². The zero-order valence-electron chi connectivity index (χ0n) is 9.33. The van der Waals surface area contributed by atoms with Crippen LogP contribution in [0.1, 0.15) is 0 Å². The van der Waals surface area contributed by atoms with Crippen LogP contribution in [0.5, 0.6) is 0 Å². The molecule has 7 nitrogen and oxygen atoms in total. The molecular formula is C10H9BrN2O5. The number of ether oxygens (including phenoxy) is 1. The second-order valence-corrected chi connectivity index (χ2v) is 3.67. The lowest BCUT2D eigenvalue weighted by molar-refractivity contribution is -0.384. The Bertz CT molecular complexity index is 475. The summed E-state index contributed by atoms with van der Waals surface area (Å²) in [4.78, 5) is 33.8. The van der Waals surface area contributed by atoms with Crippen LogP contribution in [0.4, 0.5) is 16.2 Å². The minimum atomic E-state index is -0.903. The maximum absolute atomic E-state index is 11.6. The topological polar surface area (TPSA) is 89.8 Å². The van der Waals surface area contributed by atoms with Crippen molar-refractivity contribution in [1.82, 2.24) is 0 Å². The normalized spacial score (nSPS) is 9.67. The number of imide groups is 1. The highest BCUT2D eigenvalue weighted by atomic mass is 79.9. The number of hydrogen-bond donors (Lipinski definition) is 0. The molecule has 0 aliphatic heterocycles. The first-order chi connectivity index (χ1) is 8.51. The Morgan fingerprint density at radius 1 is 1.50 bits per heavy atom. The molecule has 0 radical (unpaired) electrons. The van der Waals surface area contributed by atoms with Gasteiger partial charge in [0.15, 0.2) is 0 Å². The van der Waals surface area contributed by atoms with Gasteiger partial charge in [0.2, 0.25) is 5.91 Å². The molecule has 0 saturated carbocycles. The molecule has 18 heavy (non-hydrogen) atoms. The standard InChI is InChI=1S/C10H9BrN2O5/c1-18-10(15)12(9(14)6-11)7-3-2-4-8(5-7)13(16)17/h2-5H,6H2,1H3. The summed E-state index contributed by atoms with van der Waals surface area (Å²) < 4.78 is 4.47. The predicted octanol–water partition coefficient (Wildman–Crippen LogP) is 2.09. The fourth-order valence-corrected chi connectivity index (χ4v) is 1.50. The smallest absolute Gasteiger partial charge is 0.420 e. The monoisotopic (exact) mass is 316 g/mol. The van der Waals surface area contributed by atoms with Crippen LogP contribution in [-0.2, 0) is 9.53 Å². The highest BCUT2D eigenvalue weighted by Gasteiger charge is 2.24. The third kappa shape index (κ3) is 3.04. The summed E-state index contributed by atoms with van der Waals surface area (Å²) in [5.41, 5.74) is -0.135. The lowest BCUT2D eigenvalue weighted by atomic mass is 10.2. The predicted molar refractivity (Wildman–Crippen MR) is 66.8 cm³/mol. The van der Waals surface area contributed by atoms with E-state index in [1.54, 1.807) is 0 Å². The summed E-state index contributed by atoms with van der Waals surface area (Å²) in [7, 11) is 1.12. The fourth-order valence-electron chi connectivity index (χ4n) is 1.25. The molecule has 1 aromatic rings. The van der Waals surface area contributed by atoms with E-state index in [0.717, 1.165) is 18.1 Å². The minimum Gasteiger partial charge on any atom is -0.452 e. The highest BCUT2D eigenvalue weighted by molar-refractivity contribution is 9.09. The van der Waals surface area contributed by atoms with Crippen molar-refractivity contribution >= 4 is 39.3 Å². The molecule has 0 N–H and O–H groups in total. The Kier molecular flexibility index (Phi) is 4.78. The average molecular weight is 317 g/mol. The Labute approximate surface area is 111 Å². The van der Waals surface area contributed by atoms with Crippen LogP contribution in [0.3, 0.4) is 0 Å². The summed E-state index contributed by atoms with van der Waals surface area (Å²) in [6.07, 6.45) is -0.903. The van der Waals surface area contributed by atoms with E-state index in [1.807, 2.05) is 0 Å². The van der Waals surface area contributed by atoms with Crippen molar-refractivity contribution in [2.75, 3.05) is 17.3 Å². The minimum absolute atomic E-state index is 0.0838. The number of anilines is 1. The molecule has 1 rings (SSSR count). The van der Waals surface area contributed by atoms with Gasteiger partial charge in [0, 0.05) is 12.1 Å². The number of nitrogens with zero attached hydrogens (tertiary/aromatic N) is 2. The van der Waals surface area contributed by atoms with Gasteiger partial charge in [-0.15, -0.1) is 0 Å². The number of benzene rings is 1. The summed E-state index contributed by atoms with van der Waals surface area (Å²) in [6, 6.07) is 5.17. The van der Waals surface area contributed by atoms with Gasteiger partial charge in [-0.3, -0.25) is 14.9 Å². The number of amides is 2. The molecule has 2 amide bonds. The largest absolute Gasteiger partial charge is 0.452 e. The van der Waals surface area contributed by atoms with Crippen molar-refractivity contribution in [3.63, 3.8) is 0 Å². The van der Waals surface area contributed by atoms with Crippen molar-refractivity contribution in [2.45, 2.75) is 0 Å². The molecule has 96 valence electrons. The van der Waals surface area contributed by atoms with Crippen LogP contribution >= 0.6 is 15.9 Å². The Morgan fingerprint density at radius 3 is 2.67 bits per heavy atom. The molecule has 0 bridgehead atoms. The van der Waals surface area contributed by atoms with Crippen LogP contribution < -0.4 is 4.90 Å². The van der Waals surface area contributed by atoms with Gasteiger partial charge in [-0.2, -0.15) is 0 Å². The molecule has 0 atom stereocenters. The van der Waals surface area contributed by atoms with Gasteiger partial charge in [-0.25, -0.2) is 9.69 Å². The number of rotatable bonds is 3. The molecule has 0 aromatic heterocycles. The van der Waals surface area contributed by atoms with Gasteiger partial charge in [0.1, 0.15) is 0 Å². The van der Waals surface area contributed by atoms with Gasteiger partial charge in [0.05, 0.1) is 23.1 Å². The zero-order valence-corrected chi connectivity index (χ0v) is 10.9. The Balaban J connectivity index is 3.20. The van der Waals surface area contributed by atoms with Gasteiger partial charge < -0.3 is 4.74 Å². The number of non-ortho nitro benzene ring substituents is 1. The number of carbonyl (C=O) groups is 2. The van der Waals surface area contributed by atoms with E-state index in [-0.39, 0.29) is 16.7 Å². The molecular weight excluding hydrogens is 308 g/mol. The van der Waals surface area contributed by atoms with Crippen LogP contribution in [0.15, 0.2) is 24.3 Å².